The number of aryl methyl sites for hydroxylation is 1. The number of nitrogens with zero attached hydrogens (tertiary/aromatic N) is 1. The van der Waals surface area contributed by atoms with Gasteiger partial charge in [0.2, 0.25) is 0 Å². The molecule has 0 bridgehead atoms. The Hall–Kier alpha value is -0.830. The van der Waals surface area contributed by atoms with Crippen LogP contribution in [0.2, 0.25) is 0 Å². The van der Waals surface area contributed by atoms with Crippen LogP contribution in [0.1, 0.15) is 48.6 Å². The Labute approximate surface area is 101 Å². The highest BCUT2D eigenvalue weighted by Gasteiger charge is 2.22. The van der Waals surface area contributed by atoms with Gasteiger partial charge in [-0.25, -0.2) is 0 Å². The van der Waals surface area contributed by atoms with Crippen molar-refractivity contribution >= 4 is 17.2 Å². The number of fused-ring (bicyclic) bond motifs is 1. The molecule has 0 aromatic carbocycles. The molecular weight excluding hydrogens is 216 g/mol. The summed E-state index contributed by atoms with van der Waals surface area (Å²) in [6.45, 7) is 1.02. The van der Waals surface area contributed by atoms with Gasteiger partial charge in [0.1, 0.15) is 0 Å². The van der Waals surface area contributed by atoms with Crippen molar-refractivity contribution in [3.63, 3.8) is 0 Å². The summed E-state index contributed by atoms with van der Waals surface area (Å²) in [6.07, 6.45) is 7.57. The Bertz CT molecular complexity index is 394. The molecule has 3 rings (SSSR count). The summed E-state index contributed by atoms with van der Waals surface area (Å²) in [7, 11) is 0. The van der Waals surface area contributed by atoms with Crippen molar-refractivity contribution in [2.24, 2.45) is 4.99 Å². The number of amidine groups is 1. The molecule has 0 spiro atoms. The molecule has 0 saturated heterocycles. The van der Waals surface area contributed by atoms with Gasteiger partial charge in [0.25, 0.3) is 0 Å². The van der Waals surface area contributed by atoms with E-state index in [0.717, 1.165) is 13.0 Å². The van der Waals surface area contributed by atoms with E-state index < -0.39 is 0 Å². The number of thiophene rings is 1. The van der Waals surface area contributed by atoms with Crippen molar-refractivity contribution in [2.75, 3.05) is 6.54 Å². The van der Waals surface area contributed by atoms with Crippen LogP contribution < -0.4 is 5.32 Å². The summed E-state index contributed by atoms with van der Waals surface area (Å²) in [5, 5.41) is 5.89. The summed E-state index contributed by atoms with van der Waals surface area (Å²) in [4.78, 5) is 6.17. The third-order valence-corrected chi connectivity index (χ3v) is 4.51. The lowest BCUT2D eigenvalue weighted by atomic mass is 9.94. The van der Waals surface area contributed by atoms with Gasteiger partial charge in [0.05, 0.1) is 11.9 Å². The van der Waals surface area contributed by atoms with Crippen LogP contribution in [0.4, 0.5) is 0 Å². The first kappa shape index (κ1) is 10.3. The van der Waals surface area contributed by atoms with Crippen LogP contribution in [-0.4, -0.2) is 12.4 Å². The zero-order chi connectivity index (χ0) is 10.8. The quantitative estimate of drug-likeness (QED) is 0.792. The average molecular weight is 234 g/mol. The van der Waals surface area contributed by atoms with E-state index in [1.807, 2.05) is 11.3 Å². The molecule has 86 valence electrons. The van der Waals surface area contributed by atoms with E-state index in [1.165, 1.54) is 43.5 Å². The van der Waals surface area contributed by atoms with E-state index in [4.69, 9.17) is 0 Å². The molecule has 1 aliphatic heterocycles. The van der Waals surface area contributed by atoms with Crippen LogP contribution >= 0.6 is 11.3 Å². The Balaban J connectivity index is 1.74. The van der Waals surface area contributed by atoms with E-state index in [9.17, 15) is 0 Å². The molecular formula is C13H18N2S. The topological polar surface area (TPSA) is 24.4 Å². The molecule has 3 heteroatoms. The molecule has 16 heavy (non-hydrogen) atoms. The van der Waals surface area contributed by atoms with Crippen LogP contribution in [0.3, 0.4) is 0 Å². The molecule has 1 atom stereocenters. The lowest BCUT2D eigenvalue weighted by Gasteiger charge is -2.26. The van der Waals surface area contributed by atoms with Crippen molar-refractivity contribution in [1.29, 1.82) is 0 Å². The van der Waals surface area contributed by atoms with Crippen LogP contribution in [-0.2, 0) is 6.42 Å². The van der Waals surface area contributed by atoms with Gasteiger partial charge in [-0.1, -0.05) is 0 Å². The van der Waals surface area contributed by atoms with Gasteiger partial charge in [-0.05, 0) is 49.1 Å². The number of hydrogen-bond acceptors (Lipinski definition) is 3. The van der Waals surface area contributed by atoms with E-state index in [2.05, 4.69) is 21.8 Å². The molecule has 2 aliphatic rings. The standard InChI is InChI=1S/C13H18N2S/c1-2-8-14-13(6-1)15-11-4-3-5-12-10(11)7-9-16-12/h7,9,11H,1-6,8H2,(H,14,15). The highest BCUT2D eigenvalue weighted by molar-refractivity contribution is 7.10. The monoisotopic (exact) mass is 234 g/mol. The molecule has 0 amide bonds. The molecule has 1 aromatic heterocycles. The first-order valence-corrected chi connectivity index (χ1v) is 7.17. The molecule has 0 fully saturated rings. The fourth-order valence-electron chi connectivity index (χ4n) is 2.65. The van der Waals surface area contributed by atoms with Crippen molar-refractivity contribution in [3.8, 4) is 0 Å². The van der Waals surface area contributed by atoms with Gasteiger partial charge in [-0.2, -0.15) is 0 Å². The van der Waals surface area contributed by atoms with Gasteiger partial charge < -0.3 is 5.32 Å². The second kappa shape index (κ2) is 4.58. The van der Waals surface area contributed by atoms with Crippen molar-refractivity contribution in [3.05, 3.63) is 21.9 Å². The van der Waals surface area contributed by atoms with Gasteiger partial charge >= 0.3 is 0 Å². The van der Waals surface area contributed by atoms with E-state index in [0.29, 0.717) is 6.04 Å². The number of rotatable bonds is 1. The largest absolute Gasteiger partial charge is 0.367 e. The van der Waals surface area contributed by atoms with Gasteiger partial charge in [0.15, 0.2) is 0 Å². The number of hydrogen-bond donors (Lipinski definition) is 1. The smallest absolute Gasteiger partial charge is 0.0967 e. The van der Waals surface area contributed by atoms with Gasteiger partial charge in [-0.3, -0.25) is 4.99 Å². The van der Waals surface area contributed by atoms with E-state index >= 15 is 0 Å². The van der Waals surface area contributed by atoms with Crippen molar-refractivity contribution in [2.45, 2.75) is 44.6 Å². The highest BCUT2D eigenvalue weighted by Crippen LogP contribution is 2.33. The SMILES string of the molecule is c1cc2c(s1)CCCC2NC1=NCCCC1. The number of nitrogens with one attached hydrogen (secondary N) is 1. The zero-order valence-electron chi connectivity index (χ0n) is 9.54. The summed E-state index contributed by atoms with van der Waals surface area (Å²) in [6, 6.07) is 2.83. The van der Waals surface area contributed by atoms with Crippen molar-refractivity contribution < 1.29 is 0 Å². The van der Waals surface area contributed by atoms with Crippen LogP contribution in [0.15, 0.2) is 16.4 Å². The fourth-order valence-corrected chi connectivity index (χ4v) is 3.64. The zero-order valence-corrected chi connectivity index (χ0v) is 10.4. The Morgan fingerprint density at radius 1 is 1.25 bits per heavy atom. The second-order valence-corrected chi connectivity index (χ2v) is 5.67. The third-order valence-electron chi connectivity index (χ3n) is 3.52. The summed E-state index contributed by atoms with van der Waals surface area (Å²) in [5.41, 5.74) is 1.53. The first-order valence-electron chi connectivity index (χ1n) is 6.29. The predicted molar refractivity (Wildman–Crippen MR) is 69.3 cm³/mol. The molecule has 2 heterocycles. The molecule has 1 unspecified atom stereocenters. The summed E-state index contributed by atoms with van der Waals surface area (Å²) < 4.78 is 0. The minimum Gasteiger partial charge on any atom is -0.367 e. The minimum atomic E-state index is 0.534. The fraction of sp³-hybridized carbons (Fsp3) is 0.615. The van der Waals surface area contributed by atoms with Gasteiger partial charge in [-0.15, -0.1) is 11.3 Å². The lowest BCUT2D eigenvalue weighted by molar-refractivity contribution is 0.523. The molecule has 1 aromatic rings. The maximum Gasteiger partial charge on any atom is 0.0967 e. The molecule has 1 N–H and O–H groups in total. The Morgan fingerprint density at radius 2 is 2.25 bits per heavy atom. The van der Waals surface area contributed by atoms with Crippen molar-refractivity contribution in [1.82, 2.24) is 5.32 Å². The summed E-state index contributed by atoms with van der Waals surface area (Å²) in [5.74, 6) is 1.25. The van der Waals surface area contributed by atoms with E-state index in [1.54, 1.807) is 4.88 Å². The molecule has 2 nitrogen and oxygen atoms in total. The predicted octanol–water partition coefficient (Wildman–Crippen LogP) is 3.30. The molecule has 1 aliphatic carbocycles. The minimum absolute atomic E-state index is 0.534. The average Bonchev–Trinajstić information content (AvgIpc) is 2.80. The third kappa shape index (κ3) is 2.01. The Morgan fingerprint density at radius 3 is 3.12 bits per heavy atom. The van der Waals surface area contributed by atoms with E-state index in [-0.39, 0.29) is 0 Å². The molecule has 0 saturated carbocycles. The number of aliphatic imine (C=N–C) groups is 1. The van der Waals surface area contributed by atoms with Gasteiger partial charge in [0, 0.05) is 17.8 Å². The molecule has 0 radical (unpaired) electrons. The van der Waals surface area contributed by atoms with Crippen LogP contribution in [0.25, 0.3) is 0 Å². The van der Waals surface area contributed by atoms with Crippen LogP contribution in [0.5, 0.6) is 0 Å². The summed E-state index contributed by atoms with van der Waals surface area (Å²) >= 11 is 1.91. The lowest BCUT2D eigenvalue weighted by Crippen LogP contribution is -2.31. The Kier molecular flexibility index (Phi) is 2.96. The first-order chi connectivity index (χ1) is 7.93. The second-order valence-electron chi connectivity index (χ2n) is 4.67. The maximum absolute atomic E-state index is 4.59. The highest BCUT2D eigenvalue weighted by atomic mass is 32.1. The normalized spacial score (nSPS) is 24.8. The van der Waals surface area contributed by atoms with Crippen LogP contribution in [0, 0.1) is 0 Å². The maximum atomic E-state index is 4.59.